The van der Waals surface area contributed by atoms with E-state index in [1.165, 1.54) is 22.3 Å². The molecule has 12 aromatic rings. The summed E-state index contributed by atoms with van der Waals surface area (Å²) in [4.78, 5) is 7.60. The number of fused-ring (bicyclic) bond motifs is 4. The van der Waals surface area contributed by atoms with E-state index in [0.717, 1.165) is 94.5 Å². The number of benzene rings is 10. The van der Waals surface area contributed by atoms with Crippen molar-refractivity contribution >= 4 is 49.9 Å². The summed E-state index contributed by atoms with van der Waals surface area (Å²) in [7, 11) is 0. The van der Waals surface area contributed by atoms with Crippen molar-refractivity contribution in [3.8, 4) is 66.9 Å². The Morgan fingerprint density at radius 1 is 0.288 bits per heavy atom. The Labute approximate surface area is 384 Å². The Hall–Kier alpha value is -8.79. The second-order valence-electron chi connectivity index (χ2n) is 16.7. The van der Waals surface area contributed by atoms with Crippen molar-refractivity contribution in [2.45, 2.75) is 0 Å². The lowest BCUT2D eigenvalue weighted by Gasteiger charge is -2.28. The molecule has 0 spiro atoms. The van der Waals surface area contributed by atoms with Crippen molar-refractivity contribution in [1.29, 1.82) is 0 Å². The van der Waals surface area contributed by atoms with Crippen LogP contribution >= 0.6 is 0 Å². The van der Waals surface area contributed by atoms with Gasteiger partial charge >= 0.3 is 0 Å². The van der Waals surface area contributed by atoms with E-state index < -0.39 is 0 Å². The van der Waals surface area contributed by atoms with Gasteiger partial charge in [0.05, 0.1) is 16.9 Å². The number of aromatic nitrogens is 1. The first-order valence-electron chi connectivity index (χ1n) is 22.4. The third kappa shape index (κ3) is 7.29. The van der Waals surface area contributed by atoms with Gasteiger partial charge < -0.3 is 9.32 Å². The van der Waals surface area contributed by atoms with Crippen molar-refractivity contribution in [2.75, 3.05) is 4.90 Å². The zero-order chi connectivity index (χ0) is 43.8. The van der Waals surface area contributed by atoms with Gasteiger partial charge in [-0.05, 0) is 111 Å². The third-order valence-corrected chi connectivity index (χ3v) is 12.7. The van der Waals surface area contributed by atoms with Crippen molar-refractivity contribution in [1.82, 2.24) is 4.98 Å². The monoisotopic (exact) mass is 842 g/mol. The van der Waals surface area contributed by atoms with E-state index in [1.807, 2.05) is 12.1 Å². The van der Waals surface area contributed by atoms with Crippen LogP contribution in [-0.2, 0) is 0 Å². The summed E-state index contributed by atoms with van der Waals surface area (Å²) in [6.07, 6.45) is 0. The molecule has 10 aromatic carbocycles. The molecule has 0 aliphatic rings. The fourth-order valence-electron chi connectivity index (χ4n) is 9.34. The number of nitrogens with zero attached hydrogens (tertiary/aromatic N) is 2. The van der Waals surface area contributed by atoms with E-state index in [1.54, 1.807) is 0 Å². The van der Waals surface area contributed by atoms with Gasteiger partial charge in [0.1, 0.15) is 11.2 Å². The number of pyridine rings is 1. The minimum absolute atomic E-state index is 0.899. The minimum Gasteiger partial charge on any atom is -0.456 e. The van der Waals surface area contributed by atoms with Crippen molar-refractivity contribution in [3.05, 3.63) is 255 Å². The molecular weight excluding hydrogens is 801 g/mol. The molecule has 2 heterocycles. The largest absolute Gasteiger partial charge is 0.456 e. The topological polar surface area (TPSA) is 29.3 Å². The summed E-state index contributed by atoms with van der Waals surface area (Å²) in [6, 6.07) is 90.7. The maximum atomic E-state index is 6.23. The molecule has 0 unspecified atom stereocenters. The van der Waals surface area contributed by atoms with Gasteiger partial charge in [0, 0.05) is 38.7 Å². The highest BCUT2D eigenvalue weighted by Gasteiger charge is 2.19. The SMILES string of the molecule is c1ccc(-c2ccc(-c3ccccc3N(c3ccc(-c4ccccc4)cc3)c3ccc(-c4cc(-c5ccc(-c6ccc7c(c6)oc6ccccc67)cc5)c5ccccc5n4)cc3)cc2)cc1. The van der Waals surface area contributed by atoms with Crippen molar-refractivity contribution in [2.24, 2.45) is 0 Å². The Morgan fingerprint density at radius 3 is 1.41 bits per heavy atom. The highest BCUT2D eigenvalue weighted by molar-refractivity contribution is 6.06. The van der Waals surface area contributed by atoms with E-state index in [4.69, 9.17) is 9.40 Å². The quantitative estimate of drug-likeness (QED) is 0.145. The summed E-state index contributed by atoms with van der Waals surface area (Å²) in [5.74, 6) is 0. The van der Waals surface area contributed by atoms with Crippen LogP contribution in [0.5, 0.6) is 0 Å². The van der Waals surface area contributed by atoms with Crippen LogP contribution in [0.1, 0.15) is 0 Å². The van der Waals surface area contributed by atoms with Crippen LogP contribution in [0.4, 0.5) is 17.1 Å². The first kappa shape index (κ1) is 38.9. The molecule has 66 heavy (non-hydrogen) atoms. The maximum absolute atomic E-state index is 6.23. The van der Waals surface area contributed by atoms with Gasteiger partial charge in [0.25, 0.3) is 0 Å². The fourth-order valence-corrected chi connectivity index (χ4v) is 9.34. The number of hydrogen-bond donors (Lipinski definition) is 0. The lowest BCUT2D eigenvalue weighted by Crippen LogP contribution is -2.11. The Kier molecular flexibility index (Phi) is 9.85. The van der Waals surface area contributed by atoms with Crippen LogP contribution in [0.25, 0.3) is 99.7 Å². The lowest BCUT2D eigenvalue weighted by atomic mass is 9.96. The molecular formula is C63H42N2O. The number of rotatable bonds is 9. The van der Waals surface area contributed by atoms with E-state index >= 15 is 0 Å². The molecule has 3 heteroatoms. The summed E-state index contributed by atoms with van der Waals surface area (Å²) in [6.45, 7) is 0. The summed E-state index contributed by atoms with van der Waals surface area (Å²) in [5.41, 5.74) is 19.6. The smallest absolute Gasteiger partial charge is 0.136 e. The van der Waals surface area contributed by atoms with Crippen LogP contribution in [0.15, 0.2) is 259 Å². The molecule has 0 bridgehead atoms. The van der Waals surface area contributed by atoms with Gasteiger partial charge in [0.2, 0.25) is 0 Å². The van der Waals surface area contributed by atoms with Gasteiger partial charge in [-0.15, -0.1) is 0 Å². The molecule has 0 fully saturated rings. The number of anilines is 3. The van der Waals surface area contributed by atoms with Gasteiger partial charge in [-0.3, -0.25) is 0 Å². The highest BCUT2D eigenvalue weighted by Crippen LogP contribution is 2.43. The molecule has 0 saturated heterocycles. The molecule has 2 aromatic heterocycles. The van der Waals surface area contributed by atoms with E-state index in [-0.39, 0.29) is 0 Å². The first-order chi connectivity index (χ1) is 32.7. The van der Waals surface area contributed by atoms with E-state index in [9.17, 15) is 0 Å². The van der Waals surface area contributed by atoms with Crippen LogP contribution in [-0.4, -0.2) is 4.98 Å². The molecule has 0 atom stereocenters. The van der Waals surface area contributed by atoms with Gasteiger partial charge in [-0.2, -0.15) is 0 Å². The second-order valence-corrected chi connectivity index (χ2v) is 16.7. The second kappa shape index (κ2) is 16.7. The Morgan fingerprint density at radius 2 is 0.742 bits per heavy atom. The minimum atomic E-state index is 0.899. The zero-order valence-electron chi connectivity index (χ0n) is 36.1. The fraction of sp³-hybridized carbons (Fsp3) is 0. The average molecular weight is 843 g/mol. The van der Waals surface area contributed by atoms with Crippen molar-refractivity contribution in [3.63, 3.8) is 0 Å². The summed E-state index contributed by atoms with van der Waals surface area (Å²) >= 11 is 0. The standard InChI is InChI=1S/C63H42N2O/c1-3-13-43(14-4-1)45-23-27-48(28-24-45)54-17-8-11-21-61(54)65(52-36-31-46(32-37-52)44-15-5-2-6-16-44)53-38-33-50(34-39-53)60-42-58(55-18-7-10-20-59(55)64-60)49-29-25-47(26-30-49)51-35-40-57-56-19-9-12-22-62(56)66-63(57)41-51/h1-42H. The Balaban J connectivity index is 0.907. The molecule has 0 radical (unpaired) electrons. The number of para-hydroxylation sites is 3. The predicted octanol–water partition coefficient (Wildman–Crippen LogP) is 17.6. The van der Waals surface area contributed by atoms with Gasteiger partial charge in [0.15, 0.2) is 0 Å². The zero-order valence-corrected chi connectivity index (χ0v) is 36.1. The van der Waals surface area contributed by atoms with Crippen molar-refractivity contribution < 1.29 is 4.42 Å². The number of furan rings is 1. The predicted molar refractivity (Wildman–Crippen MR) is 276 cm³/mol. The molecule has 0 aliphatic heterocycles. The molecule has 0 aliphatic carbocycles. The van der Waals surface area contributed by atoms with Crippen LogP contribution in [0.3, 0.4) is 0 Å². The van der Waals surface area contributed by atoms with Gasteiger partial charge in [-0.25, -0.2) is 4.98 Å². The molecule has 0 saturated carbocycles. The Bertz CT molecular complexity index is 3650. The highest BCUT2D eigenvalue weighted by atomic mass is 16.3. The van der Waals surface area contributed by atoms with Crippen LogP contribution in [0.2, 0.25) is 0 Å². The molecule has 12 rings (SSSR count). The van der Waals surface area contributed by atoms with E-state index in [0.29, 0.717) is 0 Å². The first-order valence-corrected chi connectivity index (χ1v) is 22.4. The van der Waals surface area contributed by atoms with Crippen LogP contribution < -0.4 is 4.90 Å². The molecule has 0 N–H and O–H groups in total. The van der Waals surface area contributed by atoms with Gasteiger partial charge in [-0.1, -0.05) is 194 Å². The summed E-state index contributed by atoms with van der Waals surface area (Å²) < 4.78 is 6.23. The molecule has 0 amide bonds. The van der Waals surface area contributed by atoms with E-state index in [2.05, 4.69) is 248 Å². The lowest BCUT2D eigenvalue weighted by molar-refractivity contribution is 0.669. The summed E-state index contributed by atoms with van der Waals surface area (Å²) in [5, 5.41) is 3.39. The molecule has 3 nitrogen and oxygen atoms in total. The normalized spacial score (nSPS) is 11.3. The molecule has 310 valence electrons. The maximum Gasteiger partial charge on any atom is 0.136 e. The number of hydrogen-bond acceptors (Lipinski definition) is 3. The van der Waals surface area contributed by atoms with Crippen LogP contribution in [0, 0.1) is 0 Å². The average Bonchev–Trinajstić information content (AvgIpc) is 3.78. The third-order valence-electron chi connectivity index (χ3n) is 12.7.